The molecule has 9 nitrogen and oxygen atoms in total. The van der Waals surface area contributed by atoms with E-state index in [0.29, 0.717) is 13.2 Å². The van der Waals surface area contributed by atoms with Crippen LogP contribution >= 0.6 is 0 Å². The standard InChI is InChI=1S/C29H33N5O4/c35-13-12-34(28-7-3-21-15-20(1-5-25(21)28)2-8-29(36)33-37)11-9-22-17-31-27-6-4-24(16-26(22)27)38-14-10-23-18-30-19-32-23/h1-2,4-6,8,15-19,28,31,35,37H,3,7,9-14H2,(H,30,32)(H,33,36)/b8-2+. The van der Waals surface area contributed by atoms with Crippen LogP contribution in [-0.4, -0.2) is 62.4 Å². The molecular weight excluding hydrogens is 482 g/mol. The molecule has 1 aliphatic rings. The molecule has 0 saturated carbocycles. The number of aliphatic hydroxyl groups is 1. The van der Waals surface area contributed by atoms with E-state index in [9.17, 15) is 9.90 Å². The molecule has 38 heavy (non-hydrogen) atoms. The number of hydrogen-bond donors (Lipinski definition) is 5. The van der Waals surface area contributed by atoms with Crippen molar-refractivity contribution < 1.29 is 19.8 Å². The number of hydroxylamine groups is 1. The second-order valence-electron chi connectivity index (χ2n) is 9.53. The Balaban J connectivity index is 1.25. The number of benzene rings is 2. The molecule has 0 aliphatic heterocycles. The highest BCUT2D eigenvalue weighted by Gasteiger charge is 2.27. The minimum atomic E-state index is -0.553. The highest BCUT2D eigenvalue weighted by Crippen LogP contribution is 2.36. The number of amides is 1. The van der Waals surface area contributed by atoms with Gasteiger partial charge in [0.1, 0.15) is 5.75 Å². The van der Waals surface area contributed by atoms with Crippen molar-refractivity contribution in [2.75, 3.05) is 26.3 Å². The quantitative estimate of drug-likeness (QED) is 0.112. The van der Waals surface area contributed by atoms with E-state index in [1.54, 1.807) is 17.9 Å². The molecule has 1 unspecified atom stereocenters. The van der Waals surface area contributed by atoms with Crippen molar-refractivity contribution in [3.05, 3.63) is 89.1 Å². The van der Waals surface area contributed by atoms with Gasteiger partial charge in [-0.3, -0.25) is 14.9 Å². The van der Waals surface area contributed by atoms with E-state index in [2.05, 4.69) is 50.3 Å². The Bertz CT molecular complexity index is 1400. The molecule has 0 saturated heterocycles. The zero-order chi connectivity index (χ0) is 26.3. The van der Waals surface area contributed by atoms with Gasteiger partial charge in [-0.05, 0) is 65.8 Å². The summed E-state index contributed by atoms with van der Waals surface area (Å²) < 4.78 is 6.00. The maximum absolute atomic E-state index is 11.3. The van der Waals surface area contributed by atoms with Gasteiger partial charge >= 0.3 is 0 Å². The monoisotopic (exact) mass is 515 g/mol. The van der Waals surface area contributed by atoms with Crippen LogP contribution in [-0.2, 0) is 24.1 Å². The van der Waals surface area contributed by atoms with Crippen LogP contribution in [0.15, 0.2) is 61.2 Å². The molecule has 4 aromatic rings. The summed E-state index contributed by atoms with van der Waals surface area (Å²) in [7, 11) is 0. The SMILES string of the molecule is O=C(/C=C/c1ccc2c(c1)CCC2N(CCO)CCc1c[nH]c2ccc(OCCc3cnc[nH]3)cc12)NO. The van der Waals surface area contributed by atoms with Crippen molar-refractivity contribution >= 4 is 22.9 Å². The van der Waals surface area contributed by atoms with Crippen LogP contribution in [0.1, 0.15) is 40.4 Å². The smallest absolute Gasteiger partial charge is 0.267 e. The van der Waals surface area contributed by atoms with E-state index in [1.807, 2.05) is 18.3 Å². The molecule has 2 heterocycles. The number of hydrogen-bond acceptors (Lipinski definition) is 6. The summed E-state index contributed by atoms with van der Waals surface area (Å²) in [5.41, 5.74) is 8.41. The number of ether oxygens (including phenoxy) is 1. The van der Waals surface area contributed by atoms with Gasteiger partial charge in [0.25, 0.3) is 5.91 Å². The number of aliphatic hydroxyl groups excluding tert-OH is 1. The fraction of sp³-hybridized carbons (Fsp3) is 0.310. The van der Waals surface area contributed by atoms with E-state index in [0.717, 1.165) is 60.1 Å². The summed E-state index contributed by atoms with van der Waals surface area (Å²) in [6.07, 6.45) is 12.1. The second kappa shape index (κ2) is 12.1. The number of H-pyrrole nitrogens is 2. The zero-order valence-electron chi connectivity index (χ0n) is 21.2. The average molecular weight is 516 g/mol. The minimum absolute atomic E-state index is 0.102. The molecular formula is C29H33N5O4. The summed E-state index contributed by atoms with van der Waals surface area (Å²) in [5, 5.41) is 19.7. The molecule has 5 rings (SSSR count). The van der Waals surface area contributed by atoms with Crippen molar-refractivity contribution in [3.63, 3.8) is 0 Å². The Kier molecular flexibility index (Phi) is 8.18. The number of carbonyl (C=O) groups excluding carboxylic acids is 1. The third-order valence-electron chi connectivity index (χ3n) is 7.18. The number of nitrogens with zero attached hydrogens (tertiary/aromatic N) is 2. The predicted molar refractivity (Wildman–Crippen MR) is 145 cm³/mol. The third kappa shape index (κ3) is 5.96. The van der Waals surface area contributed by atoms with Gasteiger partial charge in [0, 0.05) is 60.6 Å². The van der Waals surface area contributed by atoms with Gasteiger partial charge in [-0.2, -0.15) is 0 Å². The fourth-order valence-corrected chi connectivity index (χ4v) is 5.28. The van der Waals surface area contributed by atoms with E-state index in [4.69, 9.17) is 9.94 Å². The Labute approximate surface area is 221 Å². The van der Waals surface area contributed by atoms with Crippen molar-refractivity contribution in [2.24, 2.45) is 0 Å². The first kappa shape index (κ1) is 25.7. The van der Waals surface area contributed by atoms with Crippen LogP contribution in [0, 0.1) is 0 Å². The Morgan fingerprint density at radius 2 is 2.11 bits per heavy atom. The van der Waals surface area contributed by atoms with Gasteiger partial charge in [-0.1, -0.05) is 18.2 Å². The molecule has 5 N–H and O–H groups in total. The molecule has 0 bridgehead atoms. The molecule has 1 atom stereocenters. The van der Waals surface area contributed by atoms with Gasteiger partial charge < -0.3 is 19.8 Å². The van der Waals surface area contributed by atoms with Crippen molar-refractivity contribution in [1.82, 2.24) is 25.3 Å². The zero-order valence-corrected chi connectivity index (χ0v) is 21.2. The summed E-state index contributed by atoms with van der Waals surface area (Å²) in [5.74, 6) is 0.290. The molecule has 1 aliphatic carbocycles. The number of fused-ring (bicyclic) bond motifs is 2. The largest absolute Gasteiger partial charge is 0.493 e. The lowest BCUT2D eigenvalue weighted by Gasteiger charge is -2.29. The van der Waals surface area contributed by atoms with Crippen LogP contribution in [0.2, 0.25) is 0 Å². The Hall–Kier alpha value is -3.92. The van der Waals surface area contributed by atoms with Gasteiger partial charge in [-0.15, -0.1) is 0 Å². The first-order valence-corrected chi connectivity index (χ1v) is 12.9. The summed E-state index contributed by atoms with van der Waals surface area (Å²) >= 11 is 0. The van der Waals surface area contributed by atoms with Crippen LogP contribution < -0.4 is 10.2 Å². The molecule has 198 valence electrons. The number of aryl methyl sites for hydroxylation is 1. The lowest BCUT2D eigenvalue weighted by Crippen LogP contribution is -2.32. The van der Waals surface area contributed by atoms with Crippen molar-refractivity contribution in [2.45, 2.75) is 31.7 Å². The molecule has 1 amide bonds. The van der Waals surface area contributed by atoms with Crippen LogP contribution in [0.5, 0.6) is 5.75 Å². The summed E-state index contributed by atoms with van der Waals surface area (Å²) in [4.78, 5) is 24.2. The average Bonchev–Trinajstić information content (AvgIpc) is 3.70. The summed E-state index contributed by atoms with van der Waals surface area (Å²) in [6, 6.07) is 12.6. The maximum Gasteiger partial charge on any atom is 0.267 e. The summed E-state index contributed by atoms with van der Waals surface area (Å²) in [6.45, 7) is 2.10. The third-order valence-corrected chi connectivity index (χ3v) is 7.18. The molecule has 2 aromatic heterocycles. The van der Waals surface area contributed by atoms with Crippen LogP contribution in [0.25, 0.3) is 17.0 Å². The number of imidazole rings is 1. The van der Waals surface area contributed by atoms with Gasteiger partial charge in [0.15, 0.2) is 0 Å². The van der Waals surface area contributed by atoms with Gasteiger partial charge in [0.05, 0.1) is 19.5 Å². The molecule has 9 heteroatoms. The molecule has 0 fully saturated rings. The molecule has 0 radical (unpaired) electrons. The highest BCUT2D eigenvalue weighted by molar-refractivity contribution is 5.90. The Morgan fingerprint density at radius 1 is 1.18 bits per heavy atom. The topological polar surface area (TPSA) is 127 Å². The van der Waals surface area contributed by atoms with Crippen LogP contribution in [0.3, 0.4) is 0 Å². The van der Waals surface area contributed by atoms with E-state index >= 15 is 0 Å². The fourth-order valence-electron chi connectivity index (χ4n) is 5.28. The molecule has 0 spiro atoms. The van der Waals surface area contributed by atoms with Crippen LogP contribution in [0.4, 0.5) is 0 Å². The van der Waals surface area contributed by atoms with E-state index < -0.39 is 5.91 Å². The molecule has 2 aromatic carbocycles. The van der Waals surface area contributed by atoms with Crippen molar-refractivity contribution in [3.8, 4) is 5.75 Å². The first-order valence-electron chi connectivity index (χ1n) is 12.9. The number of aromatic amines is 2. The lowest BCUT2D eigenvalue weighted by atomic mass is 10.0. The second-order valence-corrected chi connectivity index (χ2v) is 9.53. The van der Waals surface area contributed by atoms with E-state index in [1.165, 1.54) is 22.8 Å². The van der Waals surface area contributed by atoms with Gasteiger partial charge in [0.2, 0.25) is 0 Å². The minimum Gasteiger partial charge on any atom is -0.493 e. The normalized spacial score (nSPS) is 15.0. The first-order chi connectivity index (χ1) is 18.6. The number of nitrogens with one attached hydrogen (secondary N) is 3. The highest BCUT2D eigenvalue weighted by atomic mass is 16.5. The van der Waals surface area contributed by atoms with Crippen molar-refractivity contribution in [1.29, 1.82) is 0 Å². The maximum atomic E-state index is 11.3. The Morgan fingerprint density at radius 3 is 2.92 bits per heavy atom. The van der Waals surface area contributed by atoms with E-state index in [-0.39, 0.29) is 12.6 Å². The number of aromatic nitrogens is 3. The van der Waals surface area contributed by atoms with Gasteiger partial charge in [-0.25, -0.2) is 10.5 Å². The number of carbonyl (C=O) groups is 1. The predicted octanol–water partition coefficient (Wildman–Crippen LogP) is 3.56. The lowest BCUT2D eigenvalue weighted by molar-refractivity contribution is -0.124. The number of rotatable bonds is 12.